The minimum atomic E-state index is -1.05. The Balaban J connectivity index is 2.51. The number of ether oxygens (including phenoxy) is 1. The first-order valence-electron chi connectivity index (χ1n) is 5.06. The maximum atomic E-state index is 10.8. The maximum absolute atomic E-state index is 10.8. The number of hydrogen-bond acceptors (Lipinski definition) is 3. The lowest BCUT2D eigenvalue weighted by Crippen LogP contribution is -2.02. The molecule has 88 valence electrons. The van der Waals surface area contributed by atoms with Gasteiger partial charge >= 0.3 is 5.97 Å². The molecule has 5 nitrogen and oxygen atoms in total. The smallest absolute Gasteiger partial charge is 0.356 e. The highest BCUT2D eigenvalue weighted by Crippen LogP contribution is 2.23. The van der Waals surface area contributed by atoms with Gasteiger partial charge in [0.2, 0.25) is 0 Å². The molecule has 0 saturated heterocycles. The van der Waals surface area contributed by atoms with Crippen molar-refractivity contribution in [2.75, 3.05) is 7.11 Å². The number of methoxy groups -OCH3 is 1. The molecule has 17 heavy (non-hydrogen) atoms. The van der Waals surface area contributed by atoms with Crippen molar-refractivity contribution >= 4 is 5.97 Å². The number of carboxylic acid groups (broad SMARTS) is 1. The number of hydrogen-bond donors (Lipinski definition) is 1. The van der Waals surface area contributed by atoms with Gasteiger partial charge in [0.25, 0.3) is 0 Å². The van der Waals surface area contributed by atoms with E-state index >= 15 is 0 Å². The summed E-state index contributed by atoms with van der Waals surface area (Å²) >= 11 is 0. The van der Waals surface area contributed by atoms with Crippen molar-refractivity contribution in [1.29, 1.82) is 0 Å². The zero-order chi connectivity index (χ0) is 12.4. The zero-order valence-electron chi connectivity index (χ0n) is 9.54. The third-order valence-corrected chi connectivity index (χ3v) is 2.39. The summed E-state index contributed by atoms with van der Waals surface area (Å²) in [5, 5.41) is 12.8. The van der Waals surface area contributed by atoms with Crippen molar-refractivity contribution in [3.63, 3.8) is 0 Å². The second kappa shape index (κ2) is 4.29. The van der Waals surface area contributed by atoms with Crippen molar-refractivity contribution in [2.24, 2.45) is 0 Å². The van der Waals surface area contributed by atoms with Gasteiger partial charge in [-0.05, 0) is 30.7 Å². The summed E-state index contributed by atoms with van der Waals surface area (Å²) < 4.78 is 6.71. The molecule has 1 N–H and O–H groups in total. The zero-order valence-corrected chi connectivity index (χ0v) is 9.54. The van der Waals surface area contributed by atoms with E-state index in [2.05, 4.69) is 5.10 Å². The minimum Gasteiger partial charge on any atom is -0.494 e. The average molecular weight is 232 g/mol. The molecular weight excluding hydrogens is 220 g/mol. The molecule has 0 fully saturated rings. The van der Waals surface area contributed by atoms with E-state index in [9.17, 15) is 4.79 Å². The van der Waals surface area contributed by atoms with Gasteiger partial charge < -0.3 is 9.84 Å². The van der Waals surface area contributed by atoms with Crippen LogP contribution in [0.3, 0.4) is 0 Å². The summed E-state index contributed by atoms with van der Waals surface area (Å²) in [7, 11) is 1.57. The molecule has 0 radical (unpaired) electrons. The van der Waals surface area contributed by atoms with E-state index in [1.807, 2.05) is 25.1 Å². The lowest BCUT2D eigenvalue weighted by atomic mass is 10.2. The molecule has 2 rings (SSSR count). The Bertz CT molecular complexity index is 561. The number of nitrogens with zero attached hydrogens (tertiary/aromatic N) is 2. The van der Waals surface area contributed by atoms with E-state index in [4.69, 9.17) is 9.84 Å². The van der Waals surface area contributed by atoms with Gasteiger partial charge in [0.15, 0.2) is 5.69 Å². The first kappa shape index (κ1) is 11.2. The molecule has 0 bridgehead atoms. The highest BCUT2D eigenvalue weighted by Gasteiger charge is 2.10. The van der Waals surface area contributed by atoms with Crippen LogP contribution >= 0.6 is 0 Å². The van der Waals surface area contributed by atoms with Gasteiger partial charge in [0.05, 0.1) is 7.11 Å². The minimum absolute atomic E-state index is 0.00793. The van der Waals surface area contributed by atoms with Crippen LogP contribution in [0.4, 0.5) is 0 Å². The predicted molar refractivity (Wildman–Crippen MR) is 61.8 cm³/mol. The topological polar surface area (TPSA) is 64.3 Å². The van der Waals surface area contributed by atoms with Gasteiger partial charge in [0, 0.05) is 6.20 Å². The van der Waals surface area contributed by atoms with E-state index in [-0.39, 0.29) is 5.69 Å². The summed E-state index contributed by atoms with van der Waals surface area (Å²) in [4.78, 5) is 10.8. The molecule has 0 aliphatic heterocycles. The molecule has 0 spiro atoms. The Kier molecular flexibility index (Phi) is 2.82. The van der Waals surface area contributed by atoms with Crippen LogP contribution in [0.1, 0.15) is 16.1 Å². The summed E-state index contributed by atoms with van der Waals surface area (Å²) in [6.07, 6.45) is 1.60. The summed E-state index contributed by atoms with van der Waals surface area (Å²) in [5.74, 6) is -0.397. The van der Waals surface area contributed by atoms with E-state index in [0.717, 1.165) is 11.3 Å². The first-order valence-corrected chi connectivity index (χ1v) is 5.06. The summed E-state index contributed by atoms with van der Waals surface area (Å²) in [6, 6.07) is 7.08. The molecule has 1 aromatic heterocycles. The molecule has 0 unspecified atom stereocenters. The fourth-order valence-corrected chi connectivity index (χ4v) is 1.55. The van der Waals surface area contributed by atoms with Crippen molar-refractivity contribution in [3.8, 4) is 11.4 Å². The van der Waals surface area contributed by atoms with Crippen molar-refractivity contribution in [3.05, 3.63) is 41.7 Å². The van der Waals surface area contributed by atoms with Gasteiger partial charge in [-0.25, -0.2) is 9.48 Å². The molecule has 0 amide bonds. The monoisotopic (exact) mass is 232 g/mol. The fourth-order valence-electron chi connectivity index (χ4n) is 1.55. The van der Waals surface area contributed by atoms with Crippen LogP contribution in [-0.4, -0.2) is 28.0 Å². The molecule has 0 atom stereocenters. The summed E-state index contributed by atoms with van der Waals surface area (Å²) in [5.41, 5.74) is 1.78. The Morgan fingerprint density at radius 1 is 1.41 bits per heavy atom. The summed E-state index contributed by atoms with van der Waals surface area (Å²) in [6.45, 7) is 1.95. The van der Waals surface area contributed by atoms with Crippen LogP contribution in [0.5, 0.6) is 5.75 Å². The average Bonchev–Trinajstić information content (AvgIpc) is 2.78. The molecule has 0 saturated carbocycles. The fraction of sp³-hybridized carbons (Fsp3) is 0.167. The molecular formula is C12H12N2O3. The van der Waals surface area contributed by atoms with Gasteiger partial charge in [-0.15, -0.1) is 0 Å². The molecule has 0 aliphatic rings. The van der Waals surface area contributed by atoms with Crippen LogP contribution in [-0.2, 0) is 0 Å². The van der Waals surface area contributed by atoms with E-state index < -0.39 is 5.97 Å². The molecule has 2 aromatic rings. The normalized spacial score (nSPS) is 10.2. The van der Waals surface area contributed by atoms with Gasteiger partial charge in [-0.3, -0.25) is 0 Å². The highest BCUT2D eigenvalue weighted by molar-refractivity contribution is 5.85. The number of aromatic nitrogens is 2. The molecule has 1 aromatic carbocycles. The van der Waals surface area contributed by atoms with E-state index in [1.54, 1.807) is 13.3 Å². The van der Waals surface area contributed by atoms with E-state index in [0.29, 0.717) is 5.75 Å². The van der Waals surface area contributed by atoms with Crippen LogP contribution in [0.25, 0.3) is 5.69 Å². The second-order valence-electron chi connectivity index (χ2n) is 3.63. The van der Waals surface area contributed by atoms with Crippen LogP contribution in [0.15, 0.2) is 30.5 Å². The molecule has 5 heteroatoms. The standard InChI is InChI=1S/C12H12N2O3/c1-8-3-4-11(17-2)10(7-8)14-6-5-9(13-14)12(15)16/h3-7H,1-2H3,(H,15,16). The Labute approximate surface area is 98.3 Å². The Morgan fingerprint density at radius 2 is 2.18 bits per heavy atom. The Morgan fingerprint density at radius 3 is 2.76 bits per heavy atom. The van der Waals surface area contributed by atoms with Crippen LogP contribution in [0, 0.1) is 6.92 Å². The van der Waals surface area contributed by atoms with Crippen molar-refractivity contribution < 1.29 is 14.6 Å². The lowest BCUT2D eigenvalue weighted by molar-refractivity contribution is 0.0690. The first-order chi connectivity index (χ1) is 8.11. The van der Waals surface area contributed by atoms with E-state index in [1.165, 1.54) is 10.7 Å². The Hall–Kier alpha value is -2.30. The molecule has 0 aliphatic carbocycles. The van der Waals surface area contributed by atoms with Crippen molar-refractivity contribution in [2.45, 2.75) is 6.92 Å². The number of aromatic carboxylic acids is 1. The number of carboxylic acids is 1. The lowest BCUT2D eigenvalue weighted by Gasteiger charge is -2.08. The second-order valence-corrected chi connectivity index (χ2v) is 3.63. The third kappa shape index (κ3) is 2.13. The van der Waals surface area contributed by atoms with Crippen LogP contribution < -0.4 is 4.74 Å². The van der Waals surface area contributed by atoms with Crippen molar-refractivity contribution in [1.82, 2.24) is 9.78 Å². The van der Waals surface area contributed by atoms with Gasteiger partial charge in [-0.1, -0.05) is 6.07 Å². The maximum Gasteiger partial charge on any atom is 0.356 e. The van der Waals surface area contributed by atoms with Gasteiger partial charge in [-0.2, -0.15) is 5.10 Å². The SMILES string of the molecule is COc1ccc(C)cc1-n1ccc(C(=O)O)n1. The third-order valence-electron chi connectivity index (χ3n) is 2.39. The molecule has 1 heterocycles. The van der Waals surface area contributed by atoms with Gasteiger partial charge in [0.1, 0.15) is 11.4 Å². The largest absolute Gasteiger partial charge is 0.494 e. The predicted octanol–water partition coefficient (Wildman–Crippen LogP) is 1.89. The quantitative estimate of drug-likeness (QED) is 0.877. The number of carbonyl (C=O) groups is 1. The highest BCUT2D eigenvalue weighted by atomic mass is 16.5. The number of rotatable bonds is 3. The number of aryl methyl sites for hydroxylation is 1. The van der Waals surface area contributed by atoms with Crippen LogP contribution in [0.2, 0.25) is 0 Å². The number of benzene rings is 1.